The lowest BCUT2D eigenvalue weighted by molar-refractivity contribution is 0.162. The number of nitrogens with two attached hydrogens (primary N) is 1. The third kappa shape index (κ3) is 5.13. The molecule has 0 saturated heterocycles. The normalized spacial score (nSPS) is 14.1. The molecule has 2 N–H and O–H groups in total. The zero-order chi connectivity index (χ0) is 15.6. The largest absolute Gasteiger partial charge is 0.493 e. The molecule has 0 aliphatic carbocycles. The van der Waals surface area contributed by atoms with E-state index < -0.39 is 10.0 Å². The number of rotatable bonds is 5. The van der Waals surface area contributed by atoms with Crippen molar-refractivity contribution >= 4 is 10.0 Å². The van der Waals surface area contributed by atoms with Crippen molar-refractivity contribution in [1.82, 2.24) is 0 Å². The first-order valence-corrected chi connectivity index (χ1v) is 8.42. The van der Waals surface area contributed by atoms with Crippen LogP contribution in [0.3, 0.4) is 0 Å². The molecule has 20 heavy (non-hydrogen) atoms. The van der Waals surface area contributed by atoms with Crippen molar-refractivity contribution in [2.75, 3.05) is 12.4 Å². The fourth-order valence-corrected chi connectivity index (χ4v) is 3.06. The summed E-state index contributed by atoms with van der Waals surface area (Å²) in [7, 11) is -3.51. The first kappa shape index (κ1) is 17.0. The van der Waals surface area contributed by atoms with Crippen LogP contribution >= 0.6 is 0 Å². The quantitative estimate of drug-likeness (QED) is 0.908. The molecule has 0 amide bonds. The minimum absolute atomic E-state index is 0.0681. The smallest absolute Gasteiger partial charge is 0.209 e. The van der Waals surface area contributed by atoms with Crippen LogP contribution < -0.4 is 9.88 Å². The van der Waals surface area contributed by atoms with Crippen LogP contribution in [0, 0.1) is 25.2 Å². The molecular weight excluding hydrogens is 274 g/mol. The SMILES string of the molecule is Cc1cccc(OCC(CS(N)(=O)=O)C(C)(C)C)c1C. The summed E-state index contributed by atoms with van der Waals surface area (Å²) in [5.41, 5.74) is 2.04. The molecule has 4 nitrogen and oxygen atoms in total. The molecule has 0 spiro atoms. The molecule has 1 rings (SSSR count). The average molecular weight is 299 g/mol. The van der Waals surface area contributed by atoms with Crippen molar-refractivity contribution in [3.05, 3.63) is 29.3 Å². The highest BCUT2D eigenvalue weighted by Gasteiger charge is 2.29. The number of aryl methyl sites for hydroxylation is 1. The van der Waals surface area contributed by atoms with Crippen LogP contribution in [0.15, 0.2) is 18.2 Å². The Balaban J connectivity index is 2.84. The molecule has 0 heterocycles. The van der Waals surface area contributed by atoms with Gasteiger partial charge in [-0.3, -0.25) is 0 Å². The minimum atomic E-state index is -3.51. The van der Waals surface area contributed by atoms with Crippen molar-refractivity contribution in [2.24, 2.45) is 16.5 Å². The fraction of sp³-hybridized carbons (Fsp3) is 0.600. The minimum Gasteiger partial charge on any atom is -0.493 e. The van der Waals surface area contributed by atoms with Gasteiger partial charge in [0.2, 0.25) is 10.0 Å². The van der Waals surface area contributed by atoms with Gasteiger partial charge in [-0.05, 0) is 36.5 Å². The van der Waals surface area contributed by atoms with Crippen molar-refractivity contribution < 1.29 is 13.2 Å². The summed E-state index contributed by atoms with van der Waals surface area (Å²) in [6.07, 6.45) is 0. The molecular formula is C15H25NO3S. The van der Waals surface area contributed by atoms with Crippen molar-refractivity contribution in [3.63, 3.8) is 0 Å². The fourth-order valence-electron chi connectivity index (χ4n) is 1.90. The van der Waals surface area contributed by atoms with Gasteiger partial charge in [0.05, 0.1) is 12.4 Å². The molecule has 0 saturated carbocycles. The summed E-state index contributed by atoms with van der Waals surface area (Å²) in [5, 5.41) is 5.17. The molecule has 0 bridgehead atoms. The van der Waals surface area contributed by atoms with Gasteiger partial charge in [-0.25, -0.2) is 13.6 Å². The van der Waals surface area contributed by atoms with Gasteiger partial charge in [0.1, 0.15) is 5.75 Å². The molecule has 0 fully saturated rings. The Kier molecular flexibility index (Phi) is 5.21. The van der Waals surface area contributed by atoms with Crippen LogP contribution in [-0.2, 0) is 10.0 Å². The zero-order valence-electron chi connectivity index (χ0n) is 12.9. The van der Waals surface area contributed by atoms with Crippen LogP contribution in [-0.4, -0.2) is 20.8 Å². The van der Waals surface area contributed by atoms with Crippen LogP contribution in [0.4, 0.5) is 0 Å². The lowest BCUT2D eigenvalue weighted by Crippen LogP contribution is -2.35. The van der Waals surface area contributed by atoms with E-state index in [4.69, 9.17) is 9.88 Å². The molecule has 1 aromatic rings. The average Bonchev–Trinajstić information content (AvgIpc) is 2.26. The zero-order valence-corrected chi connectivity index (χ0v) is 13.8. The third-order valence-corrected chi connectivity index (χ3v) is 4.52. The number of sulfonamides is 1. The second-order valence-electron chi connectivity index (χ2n) is 6.40. The second kappa shape index (κ2) is 6.14. The molecule has 114 valence electrons. The maximum Gasteiger partial charge on any atom is 0.209 e. The van der Waals surface area contributed by atoms with E-state index in [2.05, 4.69) is 0 Å². The summed E-state index contributed by atoms with van der Waals surface area (Å²) >= 11 is 0. The predicted octanol–water partition coefficient (Wildman–Crippen LogP) is 2.63. The van der Waals surface area contributed by atoms with E-state index >= 15 is 0 Å². The second-order valence-corrected chi connectivity index (χ2v) is 8.06. The lowest BCUT2D eigenvalue weighted by Gasteiger charge is -2.30. The van der Waals surface area contributed by atoms with Gasteiger partial charge in [0.25, 0.3) is 0 Å². The van der Waals surface area contributed by atoms with E-state index in [-0.39, 0.29) is 17.1 Å². The molecule has 0 radical (unpaired) electrons. The third-order valence-electron chi connectivity index (χ3n) is 3.65. The van der Waals surface area contributed by atoms with Crippen LogP contribution in [0.2, 0.25) is 0 Å². The Morgan fingerprint density at radius 2 is 1.85 bits per heavy atom. The summed E-state index contributed by atoms with van der Waals surface area (Å²) in [6, 6.07) is 5.86. The topological polar surface area (TPSA) is 69.4 Å². The predicted molar refractivity (Wildman–Crippen MR) is 82.3 cm³/mol. The van der Waals surface area contributed by atoms with Gasteiger partial charge in [0.15, 0.2) is 0 Å². The van der Waals surface area contributed by atoms with Gasteiger partial charge in [0, 0.05) is 5.92 Å². The van der Waals surface area contributed by atoms with Gasteiger partial charge >= 0.3 is 0 Å². The summed E-state index contributed by atoms with van der Waals surface area (Å²) in [6.45, 7) is 10.3. The number of hydrogen-bond donors (Lipinski definition) is 1. The molecule has 1 atom stereocenters. The van der Waals surface area contributed by atoms with E-state index in [9.17, 15) is 8.42 Å². The molecule has 0 aromatic heterocycles. The van der Waals surface area contributed by atoms with Gasteiger partial charge < -0.3 is 4.74 Å². The summed E-state index contributed by atoms with van der Waals surface area (Å²) < 4.78 is 28.5. The van der Waals surface area contributed by atoms with E-state index in [0.29, 0.717) is 6.61 Å². The molecule has 0 aliphatic heterocycles. The maximum atomic E-state index is 11.3. The van der Waals surface area contributed by atoms with Crippen molar-refractivity contribution in [2.45, 2.75) is 34.6 Å². The summed E-state index contributed by atoms with van der Waals surface area (Å²) in [5.74, 6) is 0.576. The Morgan fingerprint density at radius 3 is 2.35 bits per heavy atom. The van der Waals surface area contributed by atoms with E-state index in [0.717, 1.165) is 16.9 Å². The van der Waals surface area contributed by atoms with Crippen molar-refractivity contribution in [3.8, 4) is 5.75 Å². The summed E-state index contributed by atoms with van der Waals surface area (Å²) in [4.78, 5) is 0. The van der Waals surface area contributed by atoms with Gasteiger partial charge in [-0.1, -0.05) is 32.9 Å². The Labute approximate surface area is 122 Å². The van der Waals surface area contributed by atoms with Gasteiger partial charge in [-0.15, -0.1) is 0 Å². The standard InChI is InChI=1S/C15H25NO3S/c1-11-7-6-8-14(12(11)2)19-9-13(15(3,4)5)10-20(16,17)18/h6-8,13H,9-10H2,1-5H3,(H2,16,17,18). The van der Waals surface area contributed by atoms with Crippen LogP contribution in [0.5, 0.6) is 5.75 Å². The Hall–Kier alpha value is -1.07. The first-order chi connectivity index (χ1) is 9.00. The van der Waals surface area contributed by atoms with Gasteiger partial charge in [-0.2, -0.15) is 0 Å². The number of hydrogen-bond acceptors (Lipinski definition) is 3. The Bertz CT molecular complexity index is 559. The number of ether oxygens (including phenoxy) is 1. The number of benzene rings is 1. The highest BCUT2D eigenvalue weighted by Crippen LogP contribution is 2.29. The van der Waals surface area contributed by atoms with Crippen LogP contribution in [0.1, 0.15) is 31.9 Å². The van der Waals surface area contributed by atoms with Crippen molar-refractivity contribution in [1.29, 1.82) is 0 Å². The molecule has 5 heteroatoms. The Morgan fingerprint density at radius 1 is 1.25 bits per heavy atom. The molecule has 1 aromatic carbocycles. The maximum absolute atomic E-state index is 11.3. The number of primary sulfonamides is 1. The van der Waals surface area contributed by atoms with Crippen LogP contribution in [0.25, 0.3) is 0 Å². The molecule has 0 aliphatic rings. The lowest BCUT2D eigenvalue weighted by atomic mass is 9.82. The van der Waals surface area contributed by atoms with E-state index in [1.807, 2.05) is 52.8 Å². The van der Waals surface area contributed by atoms with E-state index in [1.54, 1.807) is 0 Å². The van der Waals surface area contributed by atoms with E-state index in [1.165, 1.54) is 0 Å². The monoisotopic (exact) mass is 299 g/mol. The first-order valence-electron chi connectivity index (χ1n) is 6.70. The highest BCUT2D eigenvalue weighted by molar-refractivity contribution is 7.89. The molecule has 1 unspecified atom stereocenters. The highest BCUT2D eigenvalue weighted by atomic mass is 32.2.